The third kappa shape index (κ3) is 3.73. The highest BCUT2D eigenvalue weighted by molar-refractivity contribution is 8.00. The quantitative estimate of drug-likeness (QED) is 0.283. The Morgan fingerprint density at radius 3 is 2.96 bits per heavy atom. The van der Waals surface area contributed by atoms with Crippen molar-refractivity contribution in [2.24, 2.45) is 0 Å². The molecule has 0 saturated heterocycles. The number of carbonyl (C=O) groups excluding carboxylic acids is 1. The molecule has 0 spiro atoms. The van der Waals surface area contributed by atoms with E-state index in [2.05, 4.69) is 20.1 Å². The summed E-state index contributed by atoms with van der Waals surface area (Å²) < 4.78 is 10.3. The van der Waals surface area contributed by atoms with Crippen LogP contribution < -0.4 is 0 Å². The van der Waals surface area contributed by atoms with Gasteiger partial charge in [0, 0.05) is 10.9 Å². The lowest BCUT2D eigenvalue weighted by Crippen LogP contribution is -2.07. The average molecular weight is 384 g/mol. The second kappa shape index (κ2) is 7.63. The van der Waals surface area contributed by atoms with Crippen LogP contribution in [0.1, 0.15) is 5.89 Å². The maximum Gasteiger partial charge on any atom is 0.316 e. The van der Waals surface area contributed by atoms with Gasteiger partial charge in [0.25, 0.3) is 5.89 Å². The third-order valence-electron chi connectivity index (χ3n) is 3.41. The van der Waals surface area contributed by atoms with Gasteiger partial charge in [-0.3, -0.25) is 4.79 Å². The molecule has 26 heavy (non-hydrogen) atoms. The summed E-state index contributed by atoms with van der Waals surface area (Å²) in [6.07, 6.45) is 1.50. The third-order valence-corrected chi connectivity index (χ3v) is 5.21. The summed E-state index contributed by atoms with van der Waals surface area (Å²) in [6, 6.07) is 11.4. The molecule has 0 saturated carbocycles. The van der Waals surface area contributed by atoms with Crippen LogP contribution in [-0.2, 0) is 16.1 Å². The van der Waals surface area contributed by atoms with E-state index >= 15 is 0 Å². The summed E-state index contributed by atoms with van der Waals surface area (Å²) in [6.45, 7) is -0.0587. The molecule has 4 rings (SSSR count). The molecule has 3 aromatic heterocycles. The maximum atomic E-state index is 12.0. The first-order valence-corrected chi connectivity index (χ1v) is 9.51. The lowest BCUT2D eigenvalue weighted by Gasteiger charge is -2.02. The van der Waals surface area contributed by atoms with E-state index in [-0.39, 0.29) is 24.2 Å². The van der Waals surface area contributed by atoms with Gasteiger partial charge in [-0.25, -0.2) is 9.97 Å². The Hall–Kier alpha value is -2.78. The number of hydrogen-bond acceptors (Lipinski definition) is 9. The SMILES string of the molecule is O=C(CSc1ncnc2sccc12)OCc1nc(-c2ccccc2)no1. The number of aromatic nitrogens is 4. The van der Waals surface area contributed by atoms with Crippen LogP contribution in [0.15, 0.2) is 57.7 Å². The van der Waals surface area contributed by atoms with Crippen molar-refractivity contribution in [1.82, 2.24) is 20.1 Å². The van der Waals surface area contributed by atoms with Crippen LogP contribution in [0.5, 0.6) is 0 Å². The van der Waals surface area contributed by atoms with E-state index in [1.165, 1.54) is 29.4 Å². The molecule has 4 aromatic rings. The van der Waals surface area contributed by atoms with Gasteiger partial charge >= 0.3 is 5.97 Å². The van der Waals surface area contributed by atoms with Crippen LogP contribution in [0.3, 0.4) is 0 Å². The Morgan fingerprint density at radius 1 is 1.19 bits per heavy atom. The van der Waals surface area contributed by atoms with Gasteiger partial charge < -0.3 is 9.26 Å². The molecular formula is C17H12N4O3S2. The molecular weight excluding hydrogens is 372 g/mol. The number of nitrogens with zero attached hydrogens (tertiary/aromatic N) is 4. The number of rotatable bonds is 6. The number of ether oxygens (including phenoxy) is 1. The molecule has 0 bridgehead atoms. The van der Waals surface area contributed by atoms with Crippen LogP contribution in [0.25, 0.3) is 21.6 Å². The Balaban J connectivity index is 1.32. The zero-order valence-electron chi connectivity index (χ0n) is 13.4. The molecule has 1 aromatic carbocycles. The van der Waals surface area contributed by atoms with Gasteiger partial charge in [-0.1, -0.05) is 47.3 Å². The van der Waals surface area contributed by atoms with E-state index in [9.17, 15) is 4.79 Å². The van der Waals surface area contributed by atoms with Gasteiger partial charge in [-0.2, -0.15) is 4.98 Å². The maximum absolute atomic E-state index is 12.0. The van der Waals surface area contributed by atoms with Gasteiger partial charge in [0.15, 0.2) is 6.61 Å². The second-order valence-corrected chi connectivity index (χ2v) is 7.00. The lowest BCUT2D eigenvalue weighted by atomic mass is 10.2. The number of thioether (sulfide) groups is 1. The first kappa shape index (κ1) is 16.7. The van der Waals surface area contributed by atoms with Gasteiger partial charge in [-0.05, 0) is 11.4 Å². The van der Waals surface area contributed by atoms with Crippen LogP contribution in [-0.4, -0.2) is 31.8 Å². The predicted octanol–water partition coefficient (Wildman–Crippen LogP) is 3.58. The van der Waals surface area contributed by atoms with E-state index in [0.29, 0.717) is 5.82 Å². The van der Waals surface area contributed by atoms with Gasteiger partial charge in [0.1, 0.15) is 16.2 Å². The van der Waals surface area contributed by atoms with Crippen molar-refractivity contribution in [3.8, 4) is 11.4 Å². The fraction of sp³-hybridized carbons (Fsp3) is 0.118. The molecule has 130 valence electrons. The van der Waals surface area contributed by atoms with Crippen molar-refractivity contribution in [2.75, 3.05) is 5.75 Å². The molecule has 0 unspecified atom stereocenters. The van der Waals surface area contributed by atoms with Crippen LogP contribution >= 0.6 is 23.1 Å². The van der Waals surface area contributed by atoms with E-state index in [4.69, 9.17) is 9.26 Å². The molecule has 0 atom stereocenters. The zero-order valence-corrected chi connectivity index (χ0v) is 15.0. The van der Waals surface area contributed by atoms with Crippen molar-refractivity contribution >= 4 is 39.3 Å². The average Bonchev–Trinajstić information content (AvgIpc) is 3.35. The molecule has 7 nitrogen and oxygen atoms in total. The van der Waals surface area contributed by atoms with Crippen molar-refractivity contribution in [3.05, 3.63) is 54.0 Å². The van der Waals surface area contributed by atoms with E-state index in [1.54, 1.807) is 0 Å². The smallest absolute Gasteiger partial charge is 0.316 e. The number of carbonyl (C=O) groups is 1. The number of esters is 1. The summed E-state index contributed by atoms with van der Waals surface area (Å²) in [5.41, 5.74) is 0.841. The molecule has 3 heterocycles. The Kier molecular flexibility index (Phi) is 4.89. The van der Waals surface area contributed by atoms with Crippen molar-refractivity contribution < 1.29 is 14.1 Å². The Morgan fingerprint density at radius 2 is 2.08 bits per heavy atom. The molecule has 0 aliphatic carbocycles. The molecule has 0 amide bonds. The fourth-order valence-corrected chi connectivity index (χ4v) is 3.79. The van der Waals surface area contributed by atoms with Crippen LogP contribution in [0, 0.1) is 0 Å². The summed E-state index contributed by atoms with van der Waals surface area (Å²) in [5.74, 6) is 0.481. The summed E-state index contributed by atoms with van der Waals surface area (Å²) in [7, 11) is 0. The summed E-state index contributed by atoms with van der Waals surface area (Å²) >= 11 is 2.85. The Labute approximate surface area is 156 Å². The van der Waals surface area contributed by atoms with Gasteiger partial charge in [0.2, 0.25) is 5.82 Å². The normalized spacial score (nSPS) is 10.9. The number of hydrogen-bond donors (Lipinski definition) is 0. The highest BCUT2D eigenvalue weighted by Crippen LogP contribution is 2.27. The second-order valence-electron chi connectivity index (χ2n) is 5.15. The fourth-order valence-electron chi connectivity index (χ4n) is 2.21. The monoisotopic (exact) mass is 384 g/mol. The first-order valence-electron chi connectivity index (χ1n) is 7.64. The highest BCUT2D eigenvalue weighted by atomic mass is 32.2. The van der Waals surface area contributed by atoms with Crippen LogP contribution in [0.4, 0.5) is 0 Å². The van der Waals surface area contributed by atoms with E-state index in [1.807, 2.05) is 41.8 Å². The van der Waals surface area contributed by atoms with Gasteiger partial charge in [-0.15, -0.1) is 11.3 Å². The molecule has 0 fully saturated rings. The first-order chi connectivity index (χ1) is 12.8. The van der Waals surface area contributed by atoms with E-state index in [0.717, 1.165) is 20.8 Å². The largest absolute Gasteiger partial charge is 0.455 e. The predicted molar refractivity (Wildman–Crippen MR) is 97.7 cm³/mol. The van der Waals surface area contributed by atoms with Crippen LogP contribution in [0.2, 0.25) is 0 Å². The summed E-state index contributed by atoms with van der Waals surface area (Å²) in [4.78, 5) is 25.5. The number of thiophene rings is 1. The summed E-state index contributed by atoms with van der Waals surface area (Å²) in [5, 5.41) is 7.54. The standard InChI is InChI=1S/C17H12N4O3S2/c22-14(9-26-17-12-6-7-25-16(12)18-10-19-17)23-8-13-20-15(21-24-13)11-4-2-1-3-5-11/h1-7,10H,8-9H2. The van der Waals surface area contributed by atoms with Gasteiger partial charge in [0.05, 0.1) is 5.75 Å². The minimum atomic E-state index is -0.378. The molecule has 0 aliphatic heterocycles. The minimum Gasteiger partial charge on any atom is -0.455 e. The van der Waals surface area contributed by atoms with Crippen molar-refractivity contribution in [2.45, 2.75) is 11.6 Å². The number of benzene rings is 1. The van der Waals surface area contributed by atoms with Crippen molar-refractivity contribution in [1.29, 1.82) is 0 Å². The van der Waals surface area contributed by atoms with Crippen molar-refractivity contribution in [3.63, 3.8) is 0 Å². The topological polar surface area (TPSA) is 91.0 Å². The lowest BCUT2D eigenvalue weighted by molar-refractivity contribution is -0.142. The molecule has 0 N–H and O–H groups in total. The molecule has 0 aliphatic rings. The molecule has 0 radical (unpaired) electrons. The zero-order chi connectivity index (χ0) is 17.8. The number of fused-ring (bicyclic) bond motifs is 1. The minimum absolute atomic E-state index is 0.0587. The Bertz CT molecular complexity index is 1030. The molecule has 9 heteroatoms. The van der Waals surface area contributed by atoms with E-state index < -0.39 is 0 Å². The highest BCUT2D eigenvalue weighted by Gasteiger charge is 2.13.